The number of aromatic nitrogens is 1. The zero-order valence-corrected chi connectivity index (χ0v) is 8.07. The number of hydrogen-bond acceptors (Lipinski definition) is 3. The van der Waals surface area contributed by atoms with Gasteiger partial charge < -0.3 is 11.5 Å². The number of benzene rings is 1. The number of nitrogen functional groups attached to an aromatic ring is 1. The van der Waals surface area contributed by atoms with Gasteiger partial charge in [-0.15, -0.1) is 0 Å². The molecule has 0 radical (unpaired) electrons. The van der Waals surface area contributed by atoms with E-state index in [4.69, 9.17) is 11.5 Å². The minimum atomic E-state index is 0.0144. The number of hydrogen-bond donors (Lipinski definition) is 2. The highest BCUT2D eigenvalue weighted by Crippen LogP contribution is 2.25. The predicted octanol–water partition coefficient (Wildman–Crippen LogP) is 1.84. The average molecular weight is 187 g/mol. The van der Waals surface area contributed by atoms with E-state index in [1.165, 1.54) is 0 Å². The highest BCUT2D eigenvalue weighted by Gasteiger charge is 2.06. The summed E-state index contributed by atoms with van der Waals surface area (Å²) in [6.07, 6.45) is 1.71. The fourth-order valence-electron chi connectivity index (χ4n) is 1.65. The second-order valence-corrected chi connectivity index (χ2v) is 3.43. The summed E-state index contributed by atoms with van der Waals surface area (Å²) >= 11 is 0. The van der Waals surface area contributed by atoms with Gasteiger partial charge in [0, 0.05) is 17.6 Å². The average Bonchev–Trinajstić information content (AvgIpc) is 2.17. The van der Waals surface area contributed by atoms with E-state index < -0.39 is 0 Å². The first-order chi connectivity index (χ1) is 6.70. The Morgan fingerprint density at radius 3 is 2.71 bits per heavy atom. The molecule has 0 saturated carbocycles. The van der Waals surface area contributed by atoms with Gasteiger partial charge in [-0.25, -0.2) is 4.98 Å². The molecule has 0 aliphatic carbocycles. The second-order valence-electron chi connectivity index (χ2n) is 3.43. The zero-order chi connectivity index (χ0) is 10.1. The molecule has 0 aliphatic rings. The maximum Gasteiger partial charge on any atom is 0.131 e. The maximum atomic E-state index is 5.87. The molecule has 2 aromatic rings. The zero-order valence-electron chi connectivity index (χ0n) is 8.07. The van der Waals surface area contributed by atoms with Crippen LogP contribution in [-0.4, -0.2) is 4.98 Å². The molecule has 0 spiro atoms. The molecule has 3 heteroatoms. The van der Waals surface area contributed by atoms with Crippen LogP contribution in [0.15, 0.2) is 30.5 Å². The third kappa shape index (κ3) is 1.32. The van der Waals surface area contributed by atoms with Gasteiger partial charge in [0.05, 0.1) is 0 Å². The summed E-state index contributed by atoms with van der Waals surface area (Å²) in [5.41, 5.74) is 12.7. The Labute approximate surface area is 82.7 Å². The Morgan fingerprint density at radius 2 is 2.00 bits per heavy atom. The van der Waals surface area contributed by atoms with Crippen molar-refractivity contribution in [1.29, 1.82) is 0 Å². The Morgan fingerprint density at radius 1 is 1.21 bits per heavy atom. The number of anilines is 1. The number of rotatable bonds is 1. The highest BCUT2D eigenvalue weighted by atomic mass is 14.8. The number of pyridine rings is 1. The van der Waals surface area contributed by atoms with Gasteiger partial charge in [0.25, 0.3) is 0 Å². The van der Waals surface area contributed by atoms with Gasteiger partial charge in [-0.05, 0) is 23.9 Å². The number of nitrogens with two attached hydrogens (primary N) is 2. The Kier molecular flexibility index (Phi) is 2.09. The van der Waals surface area contributed by atoms with Crippen molar-refractivity contribution in [1.82, 2.24) is 4.98 Å². The molecule has 1 unspecified atom stereocenters. The number of fused-ring (bicyclic) bond motifs is 1. The Hall–Kier alpha value is -1.61. The van der Waals surface area contributed by atoms with Crippen molar-refractivity contribution in [3.05, 3.63) is 36.0 Å². The molecule has 0 amide bonds. The number of nitrogens with zero attached hydrogens (tertiary/aromatic N) is 1. The van der Waals surface area contributed by atoms with E-state index in [2.05, 4.69) is 4.98 Å². The summed E-state index contributed by atoms with van der Waals surface area (Å²) in [5.74, 6) is 0.560. The minimum Gasteiger partial charge on any atom is -0.383 e. The predicted molar refractivity (Wildman–Crippen MR) is 58.8 cm³/mol. The summed E-state index contributed by atoms with van der Waals surface area (Å²) in [6.45, 7) is 1.96. The lowest BCUT2D eigenvalue weighted by molar-refractivity contribution is 0.826. The molecule has 1 aromatic heterocycles. The van der Waals surface area contributed by atoms with Gasteiger partial charge >= 0.3 is 0 Å². The van der Waals surface area contributed by atoms with E-state index in [0.717, 1.165) is 16.3 Å². The SMILES string of the molecule is CC(N)c1cccc2c(N)nccc12. The van der Waals surface area contributed by atoms with Gasteiger partial charge in [0.2, 0.25) is 0 Å². The quantitative estimate of drug-likeness (QED) is 0.715. The molecule has 4 N–H and O–H groups in total. The van der Waals surface area contributed by atoms with Crippen LogP contribution in [0.4, 0.5) is 5.82 Å². The van der Waals surface area contributed by atoms with Crippen molar-refractivity contribution >= 4 is 16.6 Å². The molecule has 0 fully saturated rings. The van der Waals surface area contributed by atoms with Gasteiger partial charge in [-0.3, -0.25) is 0 Å². The van der Waals surface area contributed by atoms with Crippen LogP contribution >= 0.6 is 0 Å². The van der Waals surface area contributed by atoms with Crippen molar-refractivity contribution in [2.45, 2.75) is 13.0 Å². The van der Waals surface area contributed by atoms with Crippen LogP contribution in [0.3, 0.4) is 0 Å². The van der Waals surface area contributed by atoms with Crippen molar-refractivity contribution < 1.29 is 0 Å². The van der Waals surface area contributed by atoms with E-state index in [1.807, 2.05) is 31.2 Å². The van der Waals surface area contributed by atoms with Gasteiger partial charge in [0.15, 0.2) is 0 Å². The van der Waals surface area contributed by atoms with Crippen molar-refractivity contribution in [3.63, 3.8) is 0 Å². The largest absolute Gasteiger partial charge is 0.383 e. The van der Waals surface area contributed by atoms with Gasteiger partial charge in [-0.2, -0.15) is 0 Å². The third-order valence-corrected chi connectivity index (χ3v) is 2.36. The molecule has 3 nitrogen and oxygen atoms in total. The van der Waals surface area contributed by atoms with Crippen molar-refractivity contribution in [2.24, 2.45) is 5.73 Å². The molecular formula is C11H13N3. The monoisotopic (exact) mass is 187 g/mol. The van der Waals surface area contributed by atoms with Crippen LogP contribution < -0.4 is 11.5 Å². The van der Waals surface area contributed by atoms with Gasteiger partial charge in [-0.1, -0.05) is 18.2 Å². The first-order valence-electron chi connectivity index (χ1n) is 4.59. The minimum absolute atomic E-state index is 0.0144. The molecule has 14 heavy (non-hydrogen) atoms. The van der Waals surface area contributed by atoms with Crippen molar-refractivity contribution in [2.75, 3.05) is 5.73 Å². The summed E-state index contributed by atoms with van der Waals surface area (Å²) < 4.78 is 0. The maximum absolute atomic E-state index is 5.87. The van der Waals surface area contributed by atoms with Crippen LogP contribution in [0.2, 0.25) is 0 Å². The van der Waals surface area contributed by atoms with E-state index in [-0.39, 0.29) is 6.04 Å². The summed E-state index contributed by atoms with van der Waals surface area (Å²) in [7, 11) is 0. The third-order valence-electron chi connectivity index (χ3n) is 2.36. The fourth-order valence-corrected chi connectivity index (χ4v) is 1.65. The molecule has 2 rings (SSSR count). The standard InChI is InChI=1S/C11H13N3/c1-7(12)8-3-2-4-10-9(8)5-6-14-11(10)13/h2-7H,12H2,1H3,(H2,13,14). The molecule has 1 atom stereocenters. The first kappa shape index (κ1) is 8.97. The summed E-state index contributed by atoms with van der Waals surface area (Å²) in [4.78, 5) is 4.04. The van der Waals surface area contributed by atoms with Crippen LogP contribution in [0.1, 0.15) is 18.5 Å². The van der Waals surface area contributed by atoms with E-state index >= 15 is 0 Å². The van der Waals surface area contributed by atoms with E-state index in [0.29, 0.717) is 5.82 Å². The summed E-state index contributed by atoms with van der Waals surface area (Å²) in [5, 5.41) is 2.07. The molecule has 0 saturated heterocycles. The molecule has 0 bridgehead atoms. The Bertz CT molecular complexity index is 463. The fraction of sp³-hybridized carbons (Fsp3) is 0.182. The highest BCUT2D eigenvalue weighted by molar-refractivity contribution is 5.93. The van der Waals surface area contributed by atoms with Gasteiger partial charge in [0.1, 0.15) is 5.82 Å². The van der Waals surface area contributed by atoms with Crippen LogP contribution in [0.5, 0.6) is 0 Å². The van der Waals surface area contributed by atoms with Crippen molar-refractivity contribution in [3.8, 4) is 0 Å². The van der Waals surface area contributed by atoms with Crippen LogP contribution in [0.25, 0.3) is 10.8 Å². The summed E-state index contributed by atoms with van der Waals surface area (Å²) in [6, 6.07) is 7.90. The molecule has 1 aromatic carbocycles. The lowest BCUT2D eigenvalue weighted by Gasteiger charge is -2.10. The molecular weight excluding hydrogens is 174 g/mol. The first-order valence-corrected chi connectivity index (χ1v) is 4.59. The normalized spacial score (nSPS) is 13.0. The molecule has 72 valence electrons. The lowest BCUT2D eigenvalue weighted by Crippen LogP contribution is -2.05. The van der Waals surface area contributed by atoms with Crippen LogP contribution in [0, 0.1) is 0 Å². The molecule has 1 heterocycles. The molecule has 0 aliphatic heterocycles. The van der Waals surface area contributed by atoms with E-state index in [9.17, 15) is 0 Å². The van der Waals surface area contributed by atoms with E-state index in [1.54, 1.807) is 6.20 Å². The topological polar surface area (TPSA) is 64.9 Å². The Balaban J connectivity index is 2.81. The lowest BCUT2D eigenvalue weighted by atomic mass is 10.0. The second kappa shape index (κ2) is 3.27. The smallest absolute Gasteiger partial charge is 0.131 e. The van der Waals surface area contributed by atoms with Crippen LogP contribution in [-0.2, 0) is 0 Å².